The van der Waals surface area contributed by atoms with Crippen LogP contribution in [0.5, 0.6) is 0 Å². The van der Waals surface area contributed by atoms with Gasteiger partial charge in [-0.2, -0.15) is 8.42 Å². The average molecular weight is 307 g/mol. The lowest BCUT2D eigenvalue weighted by molar-refractivity contribution is 0.0572. The number of aliphatic imine (C=N–C) groups is 1. The minimum absolute atomic E-state index is 0.289. The fourth-order valence-electron chi connectivity index (χ4n) is 2.30. The molecule has 0 aromatic heterocycles. The summed E-state index contributed by atoms with van der Waals surface area (Å²) in [5, 5.41) is 0.289. The highest BCUT2D eigenvalue weighted by Gasteiger charge is 2.31. The predicted molar refractivity (Wildman–Crippen MR) is 80.1 cm³/mol. The van der Waals surface area contributed by atoms with Crippen molar-refractivity contribution in [2.45, 2.75) is 6.54 Å². The van der Waals surface area contributed by atoms with Crippen molar-refractivity contribution < 1.29 is 13.2 Å². The molecule has 2 aliphatic rings. The summed E-state index contributed by atoms with van der Waals surface area (Å²) in [6, 6.07) is 9.72. The second-order valence-electron chi connectivity index (χ2n) is 4.87. The Balaban J connectivity index is 1.77. The van der Waals surface area contributed by atoms with Gasteiger partial charge < -0.3 is 9.64 Å². The molecule has 0 atom stereocenters. The summed E-state index contributed by atoms with van der Waals surface area (Å²) in [4.78, 5) is 6.14. The Bertz CT molecular complexity index is 662. The predicted octanol–water partition coefficient (Wildman–Crippen LogP) is 0.692. The van der Waals surface area contributed by atoms with Gasteiger partial charge in [0.1, 0.15) is 5.84 Å². The Morgan fingerprint density at radius 1 is 1.19 bits per heavy atom. The summed E-state index contributed by atoms with van der Waals surface area (Å²) >= 11 is 0. The third-order valence-corrected chi connectivity index (χ3v) is 4.78. The van der Waals surface area contributed by atoms with Crippen LogP contribution in [-0.2, 0) is 21.3 Å². The Morgan fingerprint density at radius 3 is 2.62 bits per heavy atom. The van der Waals surface area contributed by atoms with Gasteiger partial charge in [-0.1, -0.05) is 30.3 Å². The molecule has 1 aromatic carbocycles. The lowest BCUT2D eigenvalue weighted by Gasteiger charge is -2.28. The molecular weight excluding hydrogens is 290 g/mol. The number of nitrogens with zero attached hydrogens (tertiary/aromatic N) is 2. The summed E-state index contributed by atoms with van der Waals surface area (Å²) in [6.07, 6.45) is 1.60. The highest BCUT2D eigenvalue weighted by molar-refractivity contribution is 7.94. The van der Waals surface area contributed by atoms with Crippen LogP contribution in [0.4, 0.5) is 0 Å². The second-order valence-corrected chi connectivity index (χ2v) is 6.50. The highest BCUT2D eigenvalue weighted by Crippen LogP contribution is 2.18. The van der Waals surface area contributed by atoms with E-state index in [0.717, 1.165) is 5.56 Å². The molecule has 6 nitrogen and oxygen atoms in total. The minimum Gasteiger partial charge on any atom is -0.378 e. The highest BCUT2D eigenvalue weighted by atomic mass is 32.2. The van der Waals surface area contributed by atoms with Gasteiger partial charge in [0.25, 0.3) is 10.0 Å². The van der Waals surface area contributed by atoms with E-state index in [1.165, 1.54) is 0 Å². The first-order valence-corrected chi connectivity index (χ1v) is 8.29. The quantitative estimate of drug-likeness (QED) is 0.892. The molecule has 0 radical (unpaired) electrons. The molecule has 112 valence electrons. The van der Waals surface area contributed by atoms with Crippen molar-refractivity contribution in [2.75, 3.05) is 26.3 Å². The normalized spacial score (nSPS) is 23.0. The van der Waals surface area contributed by atoms with E-state index in [1.54, 1.807) is 6.08 Å². The van der Waals surface area contributed by atoms with Crippen molar-refractivity contribution in [1.82, 2.24) is 9.62 Å². The fraction of sp³-hybridized carbons (Fsp3) is 0.357. The SMILES string of the molecule is O=S1(=O)NC(=NCc2ccccc2)C=C1N1CCOCC1. The molecular formula is C14H17N3O3S. The van der Waals surface area contributed by atoms with E-state index in [0.29, 0.717) is 38.7 Å². The molecule has 0 aliphatic carbocycles. The van der Waals surface area contributed by atoms with Gasteiger partial charge in [0.05, 0.1) is 19.8 Å². The van der Waals surface area contributed by atoms with E-state index < -0.39 is 10.0 Å². The molecule has 0 spiro atoms. The molecule has 1 N–H and O–H groups in total. The number of hydrogen-bond acceptors (Lipinski definition) is 5. The number of hydrogen-bond donors (Lipinski definition) is 1. The smallest absolute Gasteiger partial charge is 0.278 e. The van der Waals surface area contributed by atoms with Gasteiger partial charge in [-0.25, -0.2) is 0 Å². The van der Waals surface area contributed by atoms with Crippen LogP contribution >= 0.6 is 0 Å². The molecule has 2 aliphatic heterocycles. The first kappa shape index (κ1) is 14.1. The number of benzene rings is 1. The van der Waals surface area contributed by atoms with Crippen molar-refractivity contribution >= 4 is 15.9 Å². The first-order valence-electron chi connectivity index (χ1n) is 6.81. The van der Waals surface area contributed by atoms with Crippen LogP contribution in [0.15, 0.2) is 46.4 Å². The average Bonchev–Trinajstić information content (AvgIpc) is 2.82. The standard InChI is InChI=1S/C14H17N3O3S/c18-21(19)14(17-6-8-20-9-7-17)10-13(16-21)15-11-12-4-2-1-3-5-12/h1-5,10H,6-9,11H2,(H,15,16). The molecule has 2 heterocycles. The molecule has 0 bridgehead atoms. The molecule has 0 saturated carbocycles. The molecule has 0 unspecified atom stereocenters. The zero-order valence-corrected chi connectivity index (χ0v) is 12.3. The first-order chi connectivity index (χ1) is 10.1. The van der Waals surface area contributed by atoms with E-state index in [4.69, 9.17) is 4.74 Å². The van der Waals surface area contributed by atoms with E-state index in [1.807, 2.05) is 35.2 Å². The van der Waals surface area contributed by atoms with Gasteiger partial charge in [0.15, 0.2) is 5.03 Å². The summed E-state index contributed by atoms with van der Waals surface area (Å²) in [7, 11) is -3.49. The van der Waals surface area contributed by atoms with Crippen LogP contribution in [0.25, 0.3) is 0 Å². The van der Waals surface area contributed by atoms with E-state index >= 15 is 0 Å². The maximum Gasteiger partial charge on any atom is 0.278 e. The topological polar surface area (TPSA) is 71.0 Å². The summed E-state index contributed by atoms with van der Waals surface area (Å²) in [6.45, 7) is 2.70. The van der Waals surface area contributed by atoms with Crippen LogP contribution in [0.1, 0.15) is 5.56 Å². The molecule has 21 heavy (non-hydrogen) atoms. The molecule has 1 saturated heterocycles. The maximum absolute atomic E-state index is 12.1. The second kappa shape index (κ2) is 5.87. The Morgan fingerprint density at radius 2 is 1.90 bits per heavy atom. The van der Waals surface area contributed by atoms with Crippen molar-refractivity contribution in [3.63, 3.8) is 0 Å². The zero-order valence-electron chi connectivity index (χ0n) is 11.5. The zero-order chi connectivity index (χ0) is 14.7. The lowest BCUT2D eigenvalue weighted by Crippen LogP contribution is -2.38. The third-order valence-electron chi connectivity index (χ3n) is 3.37. The van der Waals surface area contributed by atoms with Gasteiger partial charge in [-0.3, -0.25) is 9.71 Å². The van der Waals surface area contributed by atoms with Gasteiger partial charge >= 0.3 is 0 Å². The Kier molecular flexibility index (Phi) is 3.94. The number of ether oxygens (including phenoxy) is 1. The van der Waals surface area contributed by atoms with Crippen molar-refractivity contribution in [3.8, 4) is 0 Å². The van der Waals surface area contributed by atoms with E-state index in [2.05, 4.69) is 9.71 Å². The van der Waals surface area contributed by atoms with Crippen molar-refractivity contribution in [1.29, 1.82) is 0 Å². The molecule has 7 heteroatoms. The number of sulfonamides is 1. The summed E-state index contributed by atoms with van der Waals surface area (Å²) in [5.41, 5.74) is 1.04. The van der Waals surface area contributed by atoms with Crippen LogP contribution in [-0.4, -0.2) is 45.5 Å². The van der Waals surface area contributed by atoms with E-state index in [9.17, 15) is 8.42 Å². The largest absolute Gasteiger partial charge is 0.378 e. The number of morpholine rings is 1. The monoisotopic (exact) mass is 307 g/mol. The van der Waals surface area contributed by atoms with Crippen LogP contribution < -0.4 is 4.72 Å². The lowest BCUT2D eigenvalue weighted by atomic mass is 10.2. The van der Waals surface area contributed by atoms with Gasteiger partial charge in [-0.15, -0.1) is 0 Å². The number of nitrogens with one attached hydrogen (secondary N) is 1. The van der Waals surface area contributed by atoms with Crippen LogP contribution in [0.3, 0.4) is 0 Å². The van der Waals surface area contributed by atoms with Crippen molar-refractivity contribution in [3.05, 3.63) is 47.0 Å². The third kappa shape index (κ3) is 3.25. The molecule has 0 amide bonds. The summed E-state index contributed by atoms with van der Waals surface area (Å²) in [5.74, 6) is 0.389. The maximum atomic E-state index is 12.1. The molecule has 3 rings (SSSR count). The van der Waals surface area contributed by atoms with Crippen molar-refractivity contribution in [2.24, 2.45) is 4.99 Å². The Hall–Kier alpha value is -1.86. The fourth-order valence-corrected chi connectivity index (χ4v) is 3.59. The summed E-state index contributed by atoms with van der Waals surface area (Å²) < 4.78 is 32.0. The van der Waals surface area contributed by atoms with Crippen LogP contribution in [0.2, 0.25) is 0 Å². The Labute approximate surface area is 124 Å². The molecule has 1 aromatic rings. The van der Waals surface area contributed by atoms with Gasteiger partial charge in [-0.05, 0) is 5.56 Å². The minimum atomic E-state index is -3.49. The molecule has 1 fully saturated rings. The number of rotatable bonds is 3. The number of amidine groups is 1. The van der Waals surface area contributed by atoms with Gasteiger partial charge in [0.2, 0.25) is 0 Å². The van der Waals surface area contributed by atoms with Gasteiger partial charge in [0, 0.05) is 19.2 Å². The van der Waals surface area contributed by atoms with E-state index in [-0.39, 0.29) is 5.03 Å². The van der Waals surface area contributed by atoms with Crippen LogP contribution in [0, 0.1) is 0 Å².